The summed E-state index contributed by atoms with van der Waals surface area (Å²) >= 11 is 0. The molecule has 0 fully saturated rings. The summed E-state index contributed by atoms with van der Waals surface area (Å²) < 4.78 is 72.3. The number of hydrogen-bond donors (Lipinski definition) is 2. The predicted octanol–water partition coefficient (Wildman–Crippen LogP) is 3.62. The molecular weight excluding hydrogens is 425 g/mol. The lowest BCUT2D eigenvalue weighted by Crippen LogP contribution is -2.45. The second-order valence-electron chi connectivity index (χ2n) is 6.63. The molecule has 0 spiro atoms. The molecule has 6 nitrogen and oxygen atoms in total. The number of nitrogens with zero attached hydrogens (tertiary/aromatic N) is 1. The smallest absolute Gasteiger partial charge is 0.409 e. The summed E-state index contributed by atoms with van der Waals surface area (Å²) in [5.74, 6) is -3.66. The normalized spacial score (nSPS) is 16.2. The van der Waals surface area contributed by atoms with E-state index in [1.54, 1.807) is 0 Å². The molecule has 0 saturated heterocycles. The number of methoxy groups -OCH3 is 1. The van der Waals surface area contributed by atoms with Gasteiger partial charge < -0.3 is 15.1 Å². The van der Waals surface area contributed by atoms with Crippen molar-refractivity contribution < 1.29 is 36.3 Å². The molecule has 1 atom stereocenters. The Labute approximate surface area is 173 Å². The summed E-state index contributed by atoms with van der Waals surface area (Å²) in [6.45, 7) is 0. The van der Waals surface area contributed by atoms with Crippen molar-refractivity contribution in [1.29, 1.82) is 0 Å². The van der Waals surface area contributed by atoms with Crippen LogP contribution in [0.4, 0.5) is 27.6 Å². The van der Waals surface area contributed by atoms with Gasteiger partial charge in [0.1, 0.15) is 11.6 Å². The Morgan fingerprint density at radius 1 is 1.13 bits per heavy atom. The number of hydrazine groups is 1. The molecule has 1 heterocycles. The molecule has 11 heteroatoms. The summed E-state index contributed by atoms with van der Waals surface area (Å²) in [6, 6.07) is 4.24. The van der Waals surface area contributed by atoms with Crippen molar-refractivity contribution in [3.05, 3.63) is 65.4 Å². The van der Waals surface area contributed by atoms with Crippen molar-refractivity contribution in [3.63, 3.8) is 0 Å². The molecule has 0 aromatic heterocycles. The van der Waals surface area contributed by atoms with Gasteiger partial charge in [-0.2, -0.15) is 13.2 Å². The average Bonchev–Trinajstić information content (AvgIpc) is 3.11. The number of alkyl halides is 3. The fraction of sp³-hybridized carbons (Fsp3) is 0.200. The number of nitrogens with one attached hydrogen (secondary N) is 2. The van der Waals surface area contributed by atoms with Crippen molar-refractivity contribution in [2.75, 3.05) is 19.5 Å². The van der Waals surface area contributed by atoms with E-state index in [0.717, 1.165) is 48.7 Å². The Hall–Kier alpha value is -3.47. The molecule has 0 bridgehead atoms. The molecule has 1 unspecified atom stereocenters. The third kappa shape index (κ3) is 4.66. The number of halogens is 5. The van der Waals surface area contributed by atoms with Crippen LogP contribution in [-0.4, -0.2) is 43.3 Å². The summed E-state index contributed by atoms with van der Waals surface area (Å²) in [4.78, 5) is 24.1. The minimum atomic E-state index is -4.73. The first-order chi connectivity index (χ1) is 14.5. The van der Waals surface area contributed by atoms with Gasteiger partial charge in [-0.05, 0) is 35.9 Å². The Kier molecular flexibility index (Phi) is 5.98. The Morgan fingerprint density at radius 3 is 2.45 bits per heavy atom. The highest BCUT2D eigenvalue weighted by atomic mass is 19.4. The highest BCUT2D eigenvalue weighted by Crippen LogP contribution is 2.33. The zero-order chi connectivity index (χ0) is 22.9. The van der Waals surface area contributed by atoms with Gasteiger partial charge in [0.25, 0.3) is 5.91 Å². The third-order valence-electron chi connectivity index (χ3n) is 4.48. The van der Waals surface area contributed by atoms with Crippen LogP contribution < -0.4 is 10.7 Å². The first-order valence-electron chi connectivity index (χ1n) is 8.78. The number of carbonyl (C=O) groups is 2. The van der Waals surface area contributed by atoms with E-state index in [4.69, 9.17) is 0 Å². The van der Waals surface area contributed by atoms with Crippen molar-refractivity contribution in [2.45, 2.75) is 12.2 Å². The topological polar surface area (TPSA) is 70.7 Å². The molecular formula is C20H16F5N3O3. The quantitative estimate of drug-likeness (QED) is 0.560. The molecule has 31 heavy (non-hydrogen) atoms. The van der Waals surface area contributed by atoms with Gasteiger partial charge in [-0.1, -0.05) is 6.07 Å². The van der Waals surface area contributed by atoms with E-state index in [9.17, 15) is 31.5 Å². The van der Waals surface area contributed by atoms with Crippen molar-refractivity contribution >= 4 is 17.6 Å². The van der Waals surface area contributed by atoms with Gasteiger partial charge in [0, 0.05) is 24.5 Å². The number of anilines is 1. The van der Waals surface area contributed by atoms with Crippen molar-refractivity contribution in [2.24, 2.45) is 0 Å². The number of rotatable bonds is 4. The van der Waals surface area contributed by atoms with E-state index >= 15 is 0 Å². The average molecular weight is 441 g/mol. The zero-order valence-electron chi connectivity index (χ0n) is 16.2. The lowest BCUT2D eigenvalue weighted by atomic mass is 10.0. The third-order valence-corrected chi connectivity index (χ3v) is 4.48. The van der Waals surface area contributed by atoms with E-state index < -0.39 is 41.3 Å². The monoisotopic (exact) mass is 441 g/mol. The van der Waals surface area contributed by atoms with Gasteiger partial charge >= 0.3 is 12.1 Å². The summed E-state index contributed by atoms with van der Waals surface area (Å²) in [5.41, 5.74) is 1.19. The van der Waals surface area contributed by atoms with Gasteiger partial charge in [-0.3, -0.25) is 4.79 Å². The molecule has 3 rings (SSSR count). The Morgan fingerprint density at radius 2 is 1.84 bits per heavy atom. The van der Waals surface area contributed by atoms with Crippen molar-refractivity contribution in [1.82, 2.24) is 10.4 Å². The van der Waals surface area contributed by atoms with Crippen LogP contribution >= 0.6 is 0 Å². The molecule has 2 aromatic carbocycles. The van der Waals surface area contributed by atoms with Crippen LogP contribution in [0.25, 0.3) is 11.1 Å². The number of esters is 1. The molecule has 2 aromatic rings. The van der Waals surface area contributed by atoms with E-state index in [0.29, 0.717) is 0 Å². The van der Waals surface area contributed by atoms with Gasteiger partial charge in [0.05, 0.1) is 18.2 Å². The highest BCUT2D eigenvalue weighted by Gasteiger charge is 2.47. The van der Waals surface area contributed by atoms with Crippen LogP contribution in [0.1, 0.15) is 10.4 Å². The number of ether oxygens (including phenoxy) is 1. The van der Waals surface area contributed by atoms with Gasteiger partial charge in [0.2, 0.25) is 0 Å². The van der Waals surface area contributed by atoms with E-state index in [2.05, 4.69) is 15.5 Å². The SMILES string of the molecule is COC(=O)c1ccc(-c2cc(F)ccc2NC(=O)C2=CN(C)NC2C(F)(F)F)cc1F. The molecule has 1 aliphatic rings. The van der Waals surface area contributed by atoms with Crippen LogP contribution in [-0.2, 0) is 9.53 Å². The highest BCUT2D eigenvalue weighted by molar-refractivity contribution is 6.07. The van der Waals surface area contributed by atoms with Crippen LogP contribution in [0.3, 0.4) is 0 Å². The zero-order valence-corrected chi connectivity index (χ0v) is 16.2. The van der Waals surface area contributed by atoms with Crippen LogP contribution in [0.15, 0.2) is 48.2 Å². The molecule has 2 N–H and O–H groups in total. The summed E-state index contributed by atoms with van der Waals surface area (Å²) in [7, 11) is 2.38. The molecule has 1 aliphatic heterocycles. The maximum Gasteiger partial charge on any atom is 0.409 e. The Bertz CT molecular complexity index is 1070. The summed E-state index contributed by atoms with van der Waals surface area (Å²) in [5, 5.41) is 3.31. The molecule has 0 aliphatic carbocycles. The number of benzene rings is 2. The molecule has 0 saturated carbocycles. The van der Waals surface area contributed by atoms with Gasteiger partial charge in [-0.25, -0.2) is 19.0 Å². The maximum atomic E-state index is 14.3. The van der Waals surface area contributed by atoms with Gasteiger partial charge in [-0.15, -0.1) is 0 Å². The second-order valence-corrected chi connectivity index (χ2v) is 6.63. The standard InChI is InChI=1S/C20H16F5N3O3/c1-28-9-14(17(27-28)20(23,24)25)18(29)26-16-6-4-11(21)8-13(16)10-3-5-12(15(22)7-10)19(30)31-2/h3-9,17,27H,1-2H3,(H,26,29). The first kappa shape index (κ1) is 22.2. The predicted molar refractivity (Wildman–Crippen MR) is 101 cm³/mol. The number of hydrogen-bond acceptors (Lipinski definition) is 5. The minimum Gasteiger partial charge on any atom is -0.465 e. The maximum absolute atomic E-state index is 14.3. The van der Waals surface area contributed by atoms with Gasteiger partial charge in [0.15, 0.2) is 6.04 Å². The van der Waals surface area contributed by atoms with Crippen molar-refractivity contribution in [3.8, 4) is 11.1 Å². The Balaban J connectivity index is 1.96. The number of carbonyl (C=O) groups excluding carboxylic acids is 2. The minimum absolute atomic E-state index is 0.00661. The van der Waals surface area contributed by atoms with E-state index in [-0.39, 0.29) is 22.4 Å². The summed E-state index contributed by atoms with van der Waals surface area (Å²) in [6.07, 6.45) is -3.74. The second kappa shape index (κ2) is 8.34. The first-order valence-corrected chi connectivity index (χ1v) is 8.78. The largest absolute Gasteiger partial charge is 0.465 e. The molecule has 1 amide bonds. The molecule has 0 radical (unpaired) electrons. The molecule has 164 valence electrons. The number of amides is 1. The lowest BCUT2D eigenvalue weighted by molar-refractivity contribution is -0.153. The van der Waals surface area contributed by atoms with E-state index in [1.807, 2.05) is 0 Å². The fourth-order valence-corrected chi connectivity index (χ4v) is 3.05. The lowest BCUT2D eigenvalue weighted by Gasteiger charge is -2.20. The van der Waals surface area contributed by atoms with E-state index in [1.165, 1.54) is 13.1 Å². The van der Waals surface area contributed by atoms with Crippen LogP contribution in [0, 0.1) is 11.6 Å². The fourth-order valence-electron chi connectivity index (χ4n) is 3.05. The van der Waals surface area contributed by atoms with Crippen LogP contribution in [0.5, 0.6) is 0 Å². The van der Waals surface area contributed by atoms with Crippen LogP contribution in [0.2, 0.25) is 0 Å².